The van der Waals surface area contributed by atoms with Crippen LogP contribution in [-0.2, 0) is 0 Å². The number of carbonyl (C=O) groups is 1. The standard InChI is InChI=1S/C14H23N3O2/c1-4-17(9-12-6-5-7-15-8-12)14(18)13-10(2)16-19-11(13)3/h12,15H,4-9H2,1-3H3. The van der Waals surface area contributed by atoms with Crippen LogP contribution in [0.3, 0.4) is 0 Å². The molecule has 1 atom stereocenters. The van der Waals surface area contributed by atoms with Gasteiger partial charge in [-0.3, -0.25) is 4.79 Å². The van der Waals surface area contributed by atoms with Gasteiger partial charge in [0.1, 0.15) is 11.3 Å². The van der Waals surface area contributed by atoms with E-state index in [0.29, 0.717) is 22.9 Å². The molecule has 2 heterocycles. The molecular weight excluding hydrogens is 242 g/mol. The highest BCUT2D eigenvalue weighted by atomic mass is 16.5. The van der Waals surface area contributed by atoms with Crippen LogP contribution in [0.2, 0.25) is 0 Å². The summed E-state index contributed by atoms with van der Waals surface area (Å²) in [5, 5.41) is 7.26. The molecule has 0 radical (unpaired) electrons. The quantitative estimate of drug-likeness (QED) is 0.901. The maximum absolute atomic E-state index is 12.6. The number of aromatic nitrogens is 1. The van der Waals surface area contributed by atoms with Crippen LogP contribution in [0, 0.1) is 19.8 Å². The van der Waals surface area contributed by atoms with Gasteiger partial charge in [-0.15, -0.1) is 0 Å². The fourth-order valence-electron chi connectivity index (χ4n) is 2.69. The third-order valence-corrected chi connectivity index (χ3v) is 3.79. The lowest BCUT2D eigenvalue weighted by atomic mass is 9.98. The number of amides is 1. The monoisotopic (exact) mass is 265 g/mol. The van der Waals surface area contributed by atoms with E-state index in [4.69, 9.17) is 4.52 Å². The highest BCUT2D eigenvalue weighted by molar-refractivity contribution is 5.96. The van der Waals surface area contributed by atoms with E-state index in [2.05, 4.69) is 10.5 Å². The second kappa shape index (κ2) is 6.19. The van der Waals surface area contributed by atoms with Crippen LogP contribution in [-0.4, -0.2) is 42.1 Å². The maximum atomic E-state index is 12.6. The van der Waals surface area contributed by atoms with E-state index in [1.165, 1.54) is 12.8 Å². The molecule has 0 bridgehead atoms. The molecule has 2 rings (SSSR count). The summed E-state index contributed by atoms with van der Waals surface area (Å²) in [6.45, 7) is 9.27. The van der Waals surface area contributed by atoms with Gasteiger partial charge in [0, 0.05) is 13.1 Å². The minimum absolute atomic E-state index is 0.0457. The van der Waals surface area contributed by atoms with Crippen LogP contribution in [0.25, 0.3) is 0 Å². The number of hydrogen-bond acceptors (Lipinski definition) is 4. The summed E-state index contributed by atoms with van der Waals surface area (Å²) in [6, 6.07) is 0. The Labute approximate surface area is 114 Å². The number of nitrogens with one attached hydrogen (secondary N) is 1. The molecule has 1 saturated heterocycles. The first-order valence-corrected chi connectivity index (χ1v) is 7.06. The van der Waals surface area contributed by atoms with Crippen molar-refractivity contribution >= 4 is 5.91 Å². The Hall–Kier alpha value is -1.36. The summed E-state index contributed by atoms with van der Waals surface area (Å²) in [4.78, 5) is 14.5. The van der Waals surface area contributed by atoms with Crippen molar-refractivity contribution in [1.29, 1.82) is 0 Å². The Bertz CT molecular complexity index is 416. The van der Waals surface area contributed by atoms with Crippen LogP contribution in [0.4, 0.5) is 0 Å². The van der Waals surface area contributed by atoms with Gasteiger partial charge in [0.2, 0.25) is 0 Å². The molecule has 1 aliphatic rings. The zero-order chi connectivity index (χ0) is 13.8. The lowest BCUT2D eigenvalue weighted by Crippen LogP contribution is -2.41. The molecule has 1 N–H and O–H groups in total. The number of aryl methyl sites for hydroxylation is 2. The summed E-state index contributed by atoms with van der Waals surface area (Å²) in [6.07, 6.45) is 2.39. The maximum Gasteiger partial charge on any atom is 0.259 e. The van der Waals surface area contributed by atoms with Crippen LogP contribution in [0.1, 0.15) is 41.6 Å². The molecule has 0 aromatic carbocycles. The van der Waals surface area contributed by atoms with Gasteiger partial charge in [-0.25, -0.2) is 0 Å². The van der Waals surface area contributed by atoms with Gasteiger partial charge in [-0.1, -0.05) is 5.16 Å². The zero-order valence-electron chi connectivity index (χ0n) is 12.0. The first-order chi connectivity index (χ1) is 9.13. The van der Waals surface area contributed by atoms with Crippen LogP contribution in [0.5, 0.6) is 0 Å². The van der Waals surface area contributed by atoms with Crippen molar-refractivity contribution < 1.29 is 9.32 Å². The van der Waals surface area contributed by atoms with Gasteiger partial charge >= 0.3 is 0 Å². The average Bonchev–Trinajstić information content (AvgIpc) is 2.76. The zero-order valence-corrected chi connectivity index (χ0v) is 12.0. The normalized spacial score (nSPS) is 19.4. The molecule has 1 aromatic rings. The molecule has 1 aromatic heterocycles. The van der Waals surface area contributed by atoms with Gasteiger partial charge < -0.3 is 14.7 Å². The lowest BCUT2D eigenvalue weighted by molar-refractivity contribution is 0.0726. The van der Waals surface area contributed by atoms with E-state index >= 15 is 0 Å². The molecule has 0 spiro atoms. The fourth-order valence-corrected chi connectivity index (χ4v) is 2.69. The second-order valence-corrected chi connectivity index (χ2v) is 5.26. The minimum atomic E-state index is 0.0457. The molecule has 5 nitrogen and oxygen atoms in total. The molecule has 1 amide bonds. The number of hydrogen-bond donors (Lipinski definition) is 1. The van der Waals surface area contributed by atoms with E-state index in [9.17, 15) is 4.79 Å². The van der Waals surface area contributed by atoms with Crippen molar-refractivity contribution in [2.24, 2.45) is 5.92 Å². The molecule has 5 heteroatoms. The summed E-state index contributed by atoms with van der Waals surface area (Å²) >= 11 is 0. The van der Waals surface area contributed by atoms with Crippen molar-refractivity contribution in [3.8, 4) is 0 Å². The van der Waals surface area contributed by atoms with E-state index in [-0.39, 0.29) is 5.91 Å². The summed E-state index contributed by atoms with van der Waals surface area (Å²) < 4.78 is 5.09. The molecule has 0 saturated carbocycles. The Morgan fingerprint density at radius 3 is 2.84 bits per heavy atom. The van der Waals surface area contributed by atoms with Gasteiger partial charge in [-0.05, 0) is 52.6 Å². The first-order valence-electron chi connectivity index (χ1n) is 7.06. The van der Waals surface area contributed by atoms with Crippen molar-refractivity contribution in [1.82, 2.24) is 15.4 Å². The van der Waals surface area contributed by atoms with E-state index in [0.717, 1.165) is 26.2 Å². The van der Waals surface area contributed by atoms with Gasteiger partial charge in [0.25, 0.3) is 5.91 Å². The molecular formula is C14H23N3O2. The van der Waals surface area contributed by atoms with E-state index in [1.807, 2.05) is 18.7 Å². The second-order valence-electron chi connectivity index (χ2n) is 5.26. The first kappa shape index (κ1) is 14.1. The van der Waals surface area contributed by atoms with Gasteiger partial charge in [-0.2, -0.15) is 0 Å². The topological polar surface area (TPSA) is 58.4 Å². The molecule has 0 aliphatic carbocycles. The third kappa shape index (κ3) is 3.15. The Morgan fingerprint density at radius 1 is 1.53 bits per heavy atom. The number of rotatable bonds is 4. The van der Waals surface area contributed by atoms with Gasteiger partial charge in [0.05, 0.1) is 5.69 Å². The molecule has 19 heavy (non-hydrogen) atoms. The Morgan fingerprint density at radius 2 is 2.32 bits per heavy atom. The minimum Gasteiger partial charge on any atom is -0.361 e. The summed E-state index contributed by atoms with van der Waals surface area (Å²) in [5.41, 5.74) is 1.31. The molecule has 1 fully saturated rings. The lowest BCUT2D eigenvalue weighted by Gasteiger charge is -2.29. The van der Waals surface area contributed by atoms with E-state index < -0.39 is 0 Å². The number of carbonyl (C=O) groups excluding carboxylic acids is 1. The van der Waals surface area contributed by atoms with Crippen LogP contribution < -0.4 is 5.32 Å². The smallest absolute Gasteiger partial charge is 0.259 e. The highest BCUT2D eigenvalue weighted by Gasteiger charge is 2.25. The van der Waals surface area contributed by atoms with Crippen LogP contribution in [0.15, 0.2) is 4.52 Å². The Kier molecular flexibility index (Phi) is 4.58. The summed E-state index contributed by atoms with van der Waals surface area (Å²) in [5.74, 6) is 1.21. The predicted molar refractivity (Wildman–Crippen MR) is 73.1 cm³/mol. The summed E-state index contributed by atoms with van der Waals surface area (Å²) in [7, 11) is 0. The van der Waals surface area contributed by atoms with E-state index in [1.54, 1.807) is 6.92 Å². The molecule has 106 valence electrons. The van der Waals surface area contributed by atoms with Gasteiger partial charge in [0.15, 0.2) is 0 Å². The SMILES string of the molecule is CCN(CC1CCCNC1)C(=O)c1c(C)noc1C. The fraction of sp³-hybridized carbons (Fsp3) is 0.714. The average molecular weight is 265 g/mol. The van der Waals surface area contributed by atoms with Crippen molar-refractivity contribution in [2.45, 2.75) is 33.6 Å². The largest absolute Gasteiger partial charge is 0.361 e. The van der Waals surface area contributed by atoms with Crippen molar-refractivity contribution in [2.75, 3.05) is 26.2 Å². The number of piperidine rings is 1. The molecule has 1 unspecified atom stereocenters. The van der Waals surface area contributed by atoms with Crippen LogP contribution >= 0.6 is 0 Å². The highest BCUT2D eigenvalue weighted by Crippen LogP contribution is 2.18. The van der Waals surface area contributed by atoms with Crippen molar-refractivity contribution in [3.05, 3.63) is 17.0 Å². The van der Waals surface area contributed by atoms with Crippen molar-refractivity contribution in [3.63, 3.8) is 0 Å². The Balaban J connectivity index is 2.06. The predicted octanol–water partition coefficient (Wildman–Crippen LogP) is 1.75. The molecule has 1 aliphatic heterocycles. The third-order valence-electron chi connectivity index (χ3n) is 3.79. The number of nitrogens with zero attached hydrogens (tertiary/aromatic N) is 2.